The Morgan fingerprint density at radius 3 is 2.64 bits per heavy atom. The Morgan fingerprint density at radius 2 is 1.82 bits per heavy atom. The molecule has 2 N–H and O–H groups in total. The normalized spacial score (nSPS) is 23.6. The van der Waals surface area contributed by atoms with Crippen LogP contribution in [0.2, 0.25) is 0 Å². The number of carbonyl (C=O) groups is 3. The van der Waals surface area contributed by atoms with E-state index >= 15 is 0 Å². The standard InChI is InChI=1S/C26H28N4O3/c31-22-9-8-21(24(32)28-22)30-15-18-5-3-4-17(23(18)25(30)33)14-29-16-26(10-12-27-13-11-26)19-6-1-2-7-20(19)29/h1-7,21,27H,8-16H2,(H,28,31,32). The number of rotatable bonds is 3. The monoisotopic (exact) mass is 444 g/mol. The van der Waals surface area contributed by atoms with E-state index in [1.54, 1.807) is 4.90 Å². The van der Waals surface area contributed by atoms with Crippen LogP contribution in [0.5, 0.6) is 0 Å². The van der Waals surface area contributed by atoms with Gasteiger partial charge >= 0.3 is 0 Å². The van der Waals surface area contributed by atoms with Gasteiger partial charge in [-0.15, -0.1) is 0 Å². The Labute approximate surface area is 193 Å². The van der Waals surface area contributed by atoms with Gasteiger partial charge in [-0.3, -0.25) is 19.7 Å². The van der Waals surface area contributed by atoms with Crippen LogP contribution in [0.25, 0.3) is 0 Å². The SMILES string of the molecule is O=C1CCC(N2Cc3cccc(CN4CC5(CCNCC5)c5ccccc54)c3C2=O)C(=O)N1. The summed E-state index contributed by atoms with van der Waals surface area (Å²) in [7, 11) is 0. The molecule has 0 saturated carbocycles. The number of hydrogen-bond donors (Lipinski definition) is 2. The Bertz CT molecular complexity index is 1150. The lowest BCUT2D eigenvalue weighted by molar-refractivity contribution is -0.136. The first-order valence-electron chi connectivity index (χ1n) is 11.9. The summed E-state index contributed by atoms with van der Waals surface area (Å²) in [6.45, 7) is 4.11. The maximum Gasteiger partial charge on any atom is 0.255 e. The summed E-state index contributed by atoms with van der Waals surface area (Å²) in [6.07, 6.45) is 2.89. The van der Waals surface area contributed by atoms with Crippen LogP contribution in [-0.2, 0) is 28.1 Å². The second-order valence-corrected chi connectivity index (χ2v) is 9.75. The first-order chi connectivity index (χ1) is 16.1. The van der Waals surface area contributed by atoms with Crippen LogP contribution < -0.4 is 15.5 Å². The fourth-order valence-electron chi connectivity index (χ4n) is 6.23. The van der Waals surface area contributed by atoms with Crippen LogP contribution in [0.3, 0.4) is 0 Å². The molecular weight excluding hydrogens is 416 g/mol. The Morgan fingerprint density at radius 1 is 1.00 bits per heavy atom. The largest absolute Gasteiger partial charge is 0.366 e. The zero-order valence-electron chi connectivity index (χ0n) is 18.6. The number of fused-ring (bicyclic) bond motifs is 3. The van der Waals surface area contributed by atoms with Crippen LogP contribution in [-0.4, -0.2) is 48.3 Å². The molecule has 0 radical (unpaired) electrons. The Kier molecular flexibility index (Phi) is 4.76. The van der Waals surface area contributed by atoms with Crippen molar-refractivity contribution in [3.05, 3.63) is 64.7 Å². The van der Waals surface area contributed by atoms with E-state index in [-0.39, 0.29) is 29.6 Å². The van der Waals surface area contributed by atoms with Gasteiger partial charge in [-0.25, -0.2) is 0 Å². The summed E-state index contributed by atoms with van der Waals surface area (Å²) in [4.78, 5) is 41.5. The van der Waals surface area contributed by atoms with Crippen molar-refractivity contribution in [2.24, 2.45) is 0 Å². The highest BCUT2D eigenvalue weighted by Crippen LogP contribution is 2.46. The molecule has 6 rings (SSSR count). The minimum atomic E-state index is -0.582. The average Bonchev–Trinajstić information content (AvgIpc) is 3.30. The highest BCUT2D eigenvalue weighted by molar-refractivity contribution is 6.06. The first-order valence-corrected chi connectivity index (χ1v) is 11.9. The highest BCUT2D eigenvalue weighted by Gasteiger charge is 2.44. The van der Waals surface area contributed by atoms with Gasteiger partial charge in [0.15, 0.2) is 0 Å². The number of nitrogens with one attached hydrogen (secondary N) is 2. The molecule has 170 valence electrons. The number of anilines is 1. The topological polar surface area (TPSA) is 81.8 Å². The summed E-state index contributed by atoms with van der Waals surface area (Å²) in [5.74, 6) is -0.727. The molecule has 7 nitrogen and oxygen atoms in total. The third kappa shape index (κ3) is 3.25. The second-order valence-electron chi connectivity index (χ2n) is 9.75. The molecule has 4 aliphatic heterocycles. The molecule has 2 saturated heterocycles. The summed E-state index contributed by atoms with van der Waals surface area (Å²) in [6, 6.07) is 14.2. The van der Waals surface area contributed by atoms with Crippen molar-refractivity contribution in [2.75, 3.05) is 24.5 Å². The van der Waals surface area contributed by atoms with Gasteiger partial charge < -0.3 is 15.1 Å². The summed E-state index contributed by atoms with van der Waals surface area (Å²) < 4.78 is 0. The maximum absolute atomic E-state index is 13.5. The van der Waals surface area contributed by atoms with Crippen molar-refractivity contribution >= 4 is 23.4 Å². The predicted molar refractivity (Wildman–Crippen MR) is 124 cm³/mol. The summed E-state index contributed by atoms with van der Waals surface area (Å²) in [5, 5.41) is 5.88. The van der Waals surface area contributed by atoms with Crippen molar-refractivity contribution in [3.8, 4) is 0 Å². The molecule has 0 bridgehead atoms. The van der Waals surface area contributed by atoms with Gasteiger partial charge in [0.1, 0.15) is 6.04 Å². The average molecular weight is 445 g/mol. The quantitative estimate of drug-likeness (QED) is 0.709. The van der Waals surface area contributed by atoms with E-state index < -0.39 is 6.04 Å². The first kappa shape index (κ1) is 20.4. The lowest BCUT2D eigenvalue weighted by Gasteiger charge is -2.35. The molecule has 2 fully saturated rings. The molecule has 2 aromatic carbocycles. The van der Waals surface area contributed by atoms with E-state index in [2.05, 4.69) is 39.8 Å². The minimum absolute atomic E-state index is 0.0980. The van der Waals surface area contributed by atoms with Gasteiger partial charge in [-0.2, -0.15) is 0 Å². The van der Waals surface area contributed by atoms with Gasteiger partial charge in [0.05, 0.1) is 0 Å². The van der Waals surface area contributed by atoms with Crippen molar-refractivity contribution < 1.29 is 14.4 Å². The minimum Gasteiger partial charge on any atom is -0.366 e. The number of para-hydroxylation sites is 1. The lowest BCUT2D eigenvalue weighted by Crippen LogP contribution is -2.52. The molecule has 4 heterocycles. The van der Waals surface area contributed by atoms with Crippen molar-refractivity contribution in [3.63, 3.8) is 0 Å². The molecule has 1 atom stereocenters. The number of amides is 3. The van der Waals surface area contributed by atoms with Gasteiger partial charge in [0.2, 0.25) is 11.8 Å². The number of nitrogens with zero attached hydrogens (tertiary/aromatic N) is 2. The van der Waals surface area contributed by atoms with Crippen molar-refractivity contribution in [1.82, 2.24) is 15.5 Å². The van der Waals surface area contributed by atoms with Gasteiger partial charge in [-0.1, -0.05) is 36.4 Å². The van der Waals surface area contributed by atoms with E-state index in [1.165, 1.54) is 11.3 Å². The predicted octanol–water partition coefficient (Wildman–Crippen LogP) is 2.09. The van der Waals surface area contributed by atoms with Gasteiger partial charge in [0.25, 0.3) is 5.91 Å². The smallest absolute Gasteiger partial charge is 0.255 e. The van der Waals surface area contributed by atoms with E-state index in [0.717, 1.165) is 49.2 Å². The number of piperidine rings is 2. The molecule has 0 aliphatic carbocycles. The van der Waals surface area contributed by atoms with E-state index in [9.17, 15) is 14.4 Å². The van der Waals surface area contributed by atoms with E-state index in [0.29, 0.717) is 19.5 Å². The summed E-state index contributed by atoms with van der Waals surface area (Å²) >= 11 is 0. The molecular formula is C26H28N4O3. The maximum atomic E-state index is 13.5. The zero-order chi connectivity index (χ0) is 22.6. The number of imide groups is 1. The molecule has 2 aromatic rings. The molecule has 4 aliphatic rings. The van der Waals surface area contributed by atoms with Crippen LogP contribution in [0, 0.1) is 0 Å². The highest BCUT2D eigenvalue weighted by atomic mass is 16.2. The van der Waals surface area contributed by atoms with Crippen LogP contribution in [0.15, 0.2) is 42.5 Å². The third-order valence-corrected chi connectivity index (χ3v) is 7.87. The molecule has 33 heavy (non-hydrogen) atoms. The second kappa shape index (κ2) is 7.70. The Hall–Kier alpha value is -3.19. The van der Waals surface area contributed by atoms with Gasteiger partial charge in [-0.05, 0) is 55.1 Å². The van der Waals surface area contributed by atoms with Crippen molar-refractivity contribution in [2.45, 2.75) is 50.2 Å². The molecule has 0 aromatic heterocycles. The molecule has 3 amide bonds. The molecule has 1 spiro atoms. The van der Waals surface area contributed by atoms with E-state index in [1.807, 2.05) is 18.2 Å². The number of benzene rings is 2. The van der Waals surface area contributed by atoms with Crippen LogP contribution in [0.1, 0.15) is 52.7 Å². The third-order valence-electron chi connectivity index (χ3n) is 7.87. The van der Waals surface area contributed by atoms with E-state index in [4.69, 9.17) is 0 Å². The lowest BCUT2D eigenvalue weighted by atomic mass is 9.75. The van der Waals surface area contributed by atoms with Gasteiger partial charge in [0, 0.05) is 42.7 Å². The Balaban J connectivity index is 1.29. The van der Waals surface area contributed by atoms with Crippen LogP contribution >= 0.6 is 0 Å². The molecule has 7 heteroatoms. The van der Waals surface area contributed by atoms with Crippen LogP contribution in [0.4, 0.5) is 5.69 Å². The van der Waals surface area contributed by atoms with Crippen molar-refractivity contribution in [1.29, 1.82) is 0 Å². The number of hydrogen-bond acceptors (Lipinski definition) is 5. The fourth-order valence-corrected chi connectivity index (χ4v) is 6.23. The summed E-state index contributed by atoms with van der Waals surface area (Å²) in [5.41, 5.74) is 5.56. The molecule has 1 unspecified atom stereocenters. The fraction of sp³-hybridized carbons (Fsp3) is 0.423. The number of carbonyl (C=O) groups excluding carboxylic acids is 3. The zero-order valence-corrected chi connectivity index (χ0v) is 18.6.